The fourth-order valence-corrected chi connectivity index (χ4v) is 3.33. The van der Waals surface area contributed by atoms with Crippen LogP contribution in [0.2, 0.25) is 0 Å². The topological polar surface area (TPSA) is 69.4 Å². The van der Waals surface area contributed by atoms with Gasteiger partial charge >= 0.3 is 0 Å². The highest BCUT2D eigenvalue weighted by molar-refractivity contribution is 5.31. The Bertz CT molecular complexity index is 445. The normalized spacial score (nSPS) is 27.3. The summed E-state index contributed by atoms with van der Waals surface area (Å²) in [6, 6.07) is 3.62. The smallest absolute Gasteiger partial charge is 0.142 e. The molecule has 1 aliphatic rings. The number of nitrogens with zero attached hydrogens (tertiary/aromatic N) is 1. The van der Waals surface area contributed by atoms with Gasteiger partial charge in [0, 0.05) is 12.8 Å². The molecule has 2 rings (SSSR count). The summed E-state index contributed by atoms with van der Waals surface area (Å²) < 4.78 is 11.6. The number of hydrogen-bond acceptors (Lipinski definition) is 5. The van der Waals surface area contributed by atoms with Gasteiger partial charge in [0.25, 0.3) is 0 Å². The van der Waals surface area contributed by atoms with Gasteiger partial charge in [0.1, 0.15) is 11.4 Å². The Hall–Kier alpha value is -1.17. The Labute approximate surface area is 127 Å². The lowest BCUT2D eigenvalue weighted by Gasteiger charge is -2.44. The van der Waals surface area contributed by atoms with E-state index in [0.717, 1.165) is 43.0 Å². The number of pyridine rings is 1. The third kappa shape index (κ3) is 3.36. The first kappa shape index (κ1) is 16.2. The number of nitrogens with one attached hydrogen (secondary N) is 1. The average molecular weight is 293 g/mol. The zero-order chi connectivity index (χ0) is 15.3. The van der Waals surface area contributed by atoms with E-state index in [1.807, 2.05) is 19.1 Å². The third-order valence-electron chi connectivity index (χ3n) is 4.54. The van der Waals surface area contributed by atoms with Crippen LogP contribution in [0.15, 0.2) is 18.3 Å². The quantitative estimate of drug-likeness (QED) is 0.623. The number of rotatable bonds is 6. The lowest BCUT2D eigenvalue weighted by atomic mass is 9.74. The van der Waals surface area contributed by atoms with Gasteiger partial charge < -0.3 is 9.47 Å². The van der Waals surface area contributed by atoms with E-state index in [1.54, 1.807) is 13.3 Å². The number of methoxy groups -OCH3 is 1. The number of nitrogens with two attached hydrogens (primary N) is 1. The lowest BCUT2D eigenvalue weighted by Crippen LogP contribution is -2.51. The van der Waals surface area contributed by atoms with Crippen LogP contribution in [0.25, 0.3) is 0 Å². The zero-order valence-electron chi connectivity index (χ0n) is 13.3. The van der Waals surface area contributed by atoms with Crippen LogP contribution in [0, 0.1) is 5.92 Å². The molecule has 0 aliphatic heterocycles. The molecule has 3 N–H and O–H groups in total. The van der Waals surface area contributed by atoms with Crippen molar-refractivity contribution >= 4 is 0 Å². The molecule has 0 amide bonds. The van der Waals surface area contributed by atoms with Crippen LogP contribution in [-0.4, -0.2) is 24.3 Å². The first-order valence-electron chi connectivity index (χ1n) is 7.76. The minimum atomic E-state index is -0.308. The van der Waals surface area contributed by atoms with Gasteiger partial charge in [-0.1, -0.05) is 6.92 Å². The summed E-state index contributed by atoms with van der Waals surface area (Å²) >= 11 is 0. The van der Waals surface area contributed by atoms with Crippen LogP contribution in [0.1, 0.15) is 51.3 Å². The molecule has 1 atom stereocenters. The van der Waals surface area contributed by atoms with Crippen LogP contribution in [-0.2, 0) is 4.74 Å². The van der Waals surface area contributed by atoms with E-state index in [4.69, 9.17) is 15.3 Å². The summed E-state index contributed by atoms with van der Waals surface area (Å²) in [5, 5.41) is 0. The standard InChI is InChI=1S/C16H27N3O2/c1-4-21-16(9-7-12(2)8-10-16)15(19-17)14-13(20-3)6-5-11-18-14/h5-6,11-12,15,19H,4,7-10,17H2,1-3H3. The van der Waals surface area contributed by atoms with E-state index >= 15 is 0 Å². The minimum absolute atomic E-state index is 0.166. The lowest BCUT2D eigenvalue weighted by molar-refractivity contribution is -0.0988. The van der Waals surface area contributed by atoms with Crippen LogP contribution in [0.4, 0.5) is 0 Å². The number of hydrazine groups is 1. The fourth-order valence-electron chi connectivity index (χ4n) is 3.33. The van der Waals surface area contributed by atoms with Gasteiger partial charge in [-0.15, -0.1) is 0 Å². The van der Waals surface area contributed by atoms with Gasteiger partial charge in [0.2, 0.25) is 0 Å². The number of hydrogen-bond donors (Lipinski definition) is 2. The molecule has 0 saturated heterocycles. The Balaban J connectivity index is 2.36. The van der Waals surface area contributed by atoms with Crippen LogP contribution in [0.3, 0.4) is 0 Å². The fraction of sp³-hybridized carbons (Fsp3) is 0.688. The van der Waals surface area contributed by atoms with Crippen LogP contribution >= 0.6 is 0 Å². The molecular weight excluding hydrogens is 266 g/mol. The van der Waals surface area contributed by atoms with Crippen molar-refractivity contribution in [1.82, 2.24) is 10.4 Å². The average Bonchev–Trinajstić information content (AvgIpc) is 2.52. The van der Waals surface area contributed by atoms with Gasteiger partial charge in [-0.05, 0) is 50.7 Å². The molecule has 1 saturated carbocycles. The van der Waals surface area contributed by atoms with E-state index in [2.05, 4.69) is 17.3 Å². The van der Waals surface area contributed by atoms with Gasteiger partial charge in [-0.2, -0.15) is 0 Å². The molecule has 0 bridgehead atoms. The van der Waals surface area contributed by atoms with Crippen LogP contribution < -0.4 is 16.0 Å². The summed E-state index contributed by atoms with van der Waals surface area (Å²) in [6.07, 6.45) is 6.03. The maximum absolute atomic E-state index is 6.19. The van der Waals surface area contributed by atoms with E-state index in [-0.39, 0.29) is 11.6 Å². The molecule has 118 valence electrons. The van der Waals surface area contributed by atoms with Crippen molar-refractivity contribution in [3.63, 3.8) is 0 Å². The molecule has 1 aromatic rings. The van der Waals surface area contributed by atoms with Crippen molar-refractivity contribution in [3.05, 3.63) is 24.0 Å². The SMILES string of the molecule is CCOC1(C(NN)c2ncccc2OC)CCC(C)CC1. The minimum Gasteiger partial charge on any atom is -0.495 e. The van der Waals surface area contributed by atoms with Crippen molar-refractivity contribution in [2.45, 2.75) is 51.2 Å². The highest BCUT2D eigenvalue weighted by Crippen LogP contribution is 2.44. The Morgan fingerprint density at radius 3 is 2.76 bits per heavy atom. The summed E-state index contributed by atoms with van der Waals surface area (Å²) in [5.74, 6) is 7.37. The molecule has 1 aliphatic carbocycles. The molecule has 0 aromatic carbocycles. The van der Waals surface area contributed by atoms with Gasteiger partial charge in [0.15, 0.2) is 0 Å². The van der Waals surface area contributed by atoms with E-state index in [9.17, 15) is 0 Å². The second-order valence-corrected chi connectivity index (χ2v) is 5.87. The van der Waals surface area contributed by atoms with Gasteiger partial charge in [-0.25, -0.2) is 5.43 Å². The molecule has 1 heterocycles. The van der Waals surface area contributed by atoms with Crippen molar-refractivity contribution in [1.29, 1.82) is 0 Å². The predicted octanol–water partition coefficient (Wildman–Crippen LogP) is 2.58. The van der Waals surface area contributed by atoms with Crippen molar-refractivity contribution in [3.8, 4) is 5.75 Å². The molecule has 0 radical (unpaired) electrons. The maximum Gasteiger partial charge on any atom is 0.142 e. The second-order valence-electron chi connectivity index (χ2n) is 5.87. The molecular formula is C16H27N3O2. The van der Waals surface area contributed by atoms with E-state index in [0.29, 0.717) is 6.61 Å². The Morgan fingerprint density at radius 1 is 1.48 bits per heavy atom. The first-order valence-corrected chi connectivity index (χ1v) is 7.76. The number of ether oxygens (including phenoxy) is 2. The van der Waals surface area contributed by atoms with Crippen LogP contribution in [0.5, 0.6) is 5.75 Å². The summed E-state index contributed by atoms with van der Waals surface area (Å²) in [6.45, 7) is 4.99. The highest BCUT2D eigenvalue weighted by atomic mass is 16.5. The molecule has 1 unspecified atom stereocenters. The Morgan fingerprint density at radius 2 is 2.19 bits per heavy atom. The Kier molecular flexibility index (Phi) is 5.56. The highest BCUT2D eigenvalue weighted by Gasteiger charge is 2.44. The largest absolute Gasteiger partial charge is 0.495 e. The molecule has 1 aromatic heterocycles. The van der Waals surface area contributed by atoms with E-state index in [1.165, 1.54) is 0 Å². The summed E-state index contributed by atoms with van der Waals surface area (Å²) in [7, 11) is 1.66. The molecule has 5 heteroatoms. The monoisotopic (exact) mass is 293 g/mol. The molecule has 5 nitrogen and oxygen atoms in total. The van der Waals surface area contributed by atoms with Crippen molar-refractivity contribution < 1.29 is 9.47 Å². The van der Waals surface area contributed by atoms with Gasteiger partial charge in [-0.3, -0.25) is 10.8 Å². The summed E-state index contributed by atoms with van der Waals surface area (Å²) in [5.41, 5.74) is 3.45. The zero-order valence-corrected chi connectivity index (χ0v) is 13.3. The predicted molar refractivity (Wildman–Crippen MR) is 82.8 cm³/mol. The van der Waals surface area contributed by atoms with Crippen molar-refractivity contribution in [2.24, 2.45) is 11.8 Å². The first-order chi connectivity index (χ1) is 10.2. The van der Waals surface area contributed by atoms with Crippen molar-refractivity contribution in [2.75, 3.05) is 13.7 Å². The number of aromatic nitrogens is 1. The van der Waals surface area contributed by atoms with Gasteiger partial charge in [0.05, 0.1) is 18.8 Å². The third-order valence-corrected chi connectivity index (χ3v) is 4.54. The second kappa shape index (κ2) is 7.20. The summed E-state index contributed by atoms with van der Waals surface area (Å²) in [4.78, 5) is 4.49. The molecule has 21 heavy (non-hydrogen) atoms. The molecule has 1 fully saturated rings. The molecule has 0 spiro atoms. The maximum atomic E-state index is 6.19. The van der Waals surface area contributed by atoms with E-state index < -0.39 is 0 Å².